The van der Waals surface area contributed by atoms with Gasteiger partial charge in [-0.15, -0.1) is 0 Å². The molecule has 1 aliphatic heterocycles. The van der Waals surface area contributed by atoms with E-state index in [4.69, 9.17) is 4.74 Å². The van der Waals surface area contributed by atoms with Crippen LogP contribution in [0.1, 0.15) is 31.9 Å². The van der Waals surface area contributed by atoms with Crippen LogP contribution in [0.25, 0.3) is 0 Å². The molecule has 1 atom stereocenters. The summed E-state index contributed by atoms with van der Waals surface area (Å²) >= 11 is 0. The third kappa shape index (κ3) is 4.61. The lowest BCUT2D eigenvalue weighted by Crippen LogP contribution is -2.35. The number of rotatable bonds is 6. The lowest BCUT2D eigenvalue weighted by atomic mass is 9.87. The Kier molecular flexibility index (Phi) is 4.89. The summed E-state index contributed by atoms with van der Waals surface area (Å²) in [6.07, 6.45) is -0.00663. The highest BCUT2D eigenvalue weighted by atomic mass is 32.2. The van der Waals surface area contributed by atoms with E-state index in [9.17, 15) is 8.42 Å². The van der Waals surface area contributed by atoms with E-state index >= 15 is 0 Å². The summed E-state index contributed by atoms with van der Waals surface area (Å²) in [7, 11) is -3.48. The van der Waals surface area contributed by atoms with Crippen molar-refractivity contribution in [3.05, 3.63) is 65.7 Å². The van der Waals surface area contributed by atoms with E-state index in [1.807, 2.05) is 54.6 Å². The standard InChI is InChI=1S/C20H25NO3S/c1-20(2,3)17-9-11-18(12-10-17)21(13-19-14-24-19)25(22,23)15-16-7-5-4-6-8-16/h4-12,19H,13-15H2,1-3H3. The maximum absolute atomic E-state index is 13.0. The average Bonchev–Trinajstić information content (AvgIpc) is 3.36. The molecule has 1 aliphatic rings. The fourth-order valence-electron chi connectivity index (χ4n) is 2.73. The Morgan fingerprint density at radius 3 is 2.16 bits per heavy atom. The maximum Gasteiger partial charge on any atom is 0.239 e. The SMILES string of the molecule is CC(C)(C)c1ccc(N(CC2CO2)S(=O)(=O)Cc2ccccc2)cc1. The van der Waals surface area contributed by atoms with Crippen LogP contribution in [0.15, 0.2) is 54.6 Å². The van der Waals surface area contributed by atoms with Crippen molar-refractivity contribution >= 4 is 15.7 Å². The molecular formula is C20H25NO3S. The second-order valence-electron chi connectivity index (χ2n) is 7.53. The van der Waals surface area contributed by atoms with Gasteiger partial charge in [-0.2, -0.15) is 0 Å². The lowest BCUT2D eigenvalue weighted by molar-refractivity contribution is 0.412. The zero-order valence-corrected chi connectivity index (χ0v) is 15.8. The molecule has 25 heavy (non-hydrogen) atoms. The summed E-state index contributed by atoms with van der Waals surface area (Å²) in [4.78, 5) is 0. The fraction of sp³-hybridized carbons (Fsp3) is 0.400. The molecule has 134 valence electrons. The summed E-state index contributed by atoms with van der Waals surface area (Å²) in [6, 6.07) is 17.1. The minimum atomic E-state index is -3.48. The van der Waals surface area contributed by atoms with Gasteiger partial charge in [-0.25, -0.2) is 8.42 Å². The first-order valence-electron chi connectivity index (χ1n) is 8.52. The monoisotopic (exact) mass is 359 g/mol. The molecule has 5 heteroatoms. The van der Waals surface area contributed by atoms with Gasteiger partial charge in [0.15, 0.2) is 0 Å². The molecule has 1 saturated heterocycles. The van der Waals surface area contributed by atoms with E-state index in [2.05, 4.69) is 20.8 Å². The third-order valence-electron chi connectivity index (χ3n) is 4.32. The molecule has 3 rings (SSSR count). The zero-order valence-electron chi connectivity index (χ0n) is 15.0. The summed E-state index contributed by atoms with van der Waals surface area (Å²) in [5, 5.41) is 0. The molecule has 1 heterocycles. The van der Waals surface area contributed by atoms with Crippen molar-refractivity contribution in [2.75, 3.05) is 17.5 Å². The summed E-state index contributed by atoms with van der Waals surface area (Å²) in [6.45, 7) is 7.42. The first-order chi connectivity index (χ1) is 11.8. The van der Waals surface area contributed by atoms with E-state index in [0.29, 0.717) is 18.8 Å². The van der Waals surface area contributed by atoms with Gasteiger partial charge < -0.3 is 4.74 Å². The van der Waals surface area contributed by atoms with Crippen molar-refractivity contribution in [3.8, 4) is 0 Å². The number of benzene rings is 2. The quantitative estimate of drug-likeness (QED) is 0.739. The van der Waals surface area contributed by atoms with Crippen LogP contribution in [0.4, 0.5) is 5.69 Å². The molecule has 0 spiro atoms. The smallest absolute Gasteiger partial charge is 0.239 e. The van der Waals surface area contributed by atoms with Crippen molar-refractivity contribution in [3.63, 3.8) is 0 Å². The van der Waals surface area contributed by atoms with Crippen LogP contribution in [-0.4, -0.2) is 27.7 Å². The molecular weight excluding hydrogens is 334 g/mol. The Labute approximate surface area is 150 Å². The van der Waals surface area contributed by atoms with Crippen LogP contribution in [0, 0.1) is 0 Å². The highest BCUT2D eigenvalue weighted by molar-refractivity contribution is 7.92. The summed E-state index contributed by atoms with van der Waals surface area (Å²) in [5.74, 6) is -0.0123. The summed E-state index contributed by atoms with van der Waals surface area (Å²) < 4.78 is 32.8. The van der Waals surface area contributed by atoms with Crippen LogP contribution in [0.3, 0.4) is 0 Å². The van der Waals surface area contributed by atoms with Gasteiger partial charge in [0.1, 0.15) is 0 Å². The number of hydrogen-bond donors (Lipinski definition) is 0. The fourth-order valence-corrected chi connectivity index (χ4v) is 4.33. The van der Waals surface area contributed by atoms with Crippen LogP contribution >= 0.6 is 0 Å². The van der Waals surface area contributed by atoms with Crippen LogP contribution < -0.4 is 4.31 Å². The average molecular weight is 359 g/mol. The highest BCUT2D eigenvalue weighted by Gasteiger charge is 2.32. The van der Waals surface area contributed by atoms with Crippen molar-refractivity contribution < 1.29 is 13.2 Å². The van der Waals surface area contributed by atoms with Crippen molar-refractivity contribution in [1.82, 2.24) is 0 Å². The minimum Gasteiger partial charge on any atom is -0.371 e. The second-order valence-corrected chi connectivity index (χ2v) is 9.42. The normalized spacial score (nSPS) is 17.3. The van der Waals surface area contributed by atoms with Gasteiger partial charge in [0.25, 0.3) is 0 Å². The highest BCUT2D eigenvalue weighted by Crippen LogP contribution is 2.28. The number of nitrogens with zero attached hydrogens (tertiary/aromatic N) is 1. The predicted molar refractivity (Wildman–Crippen MR) is 101 cm³/mol. The number of epoxide rings is 1. The minimum absolute atomic E-state index is 0.00663. The first-order valence-corrected chi connectivity index (χ1v) is 10.1. The molecule has 0 bridgehead atoms. The Balaban J connectivity index is 1.88. The molecule has 2 aromatic rings. The molecule has 0 saturated carbocycles. The molecule has 0 radical (unpaired) electrons. The van der Waals surface area contributed by atoms with Crippen molar-refractivity contribution in [2.24, 2.45) is 0 Å². The molecule has 0 amide bonds. The molecule has 0 aliphatic carbocycles. The van der Waals surface area contributed by atoms with Gasteiger partial charge in [-0.1, -0.05) is 63.2 Å². The molecule has 2 aromatic carbocycles. The van der Waals surface area contributed by atoms with Crippen LogP contribution in [0.5, 0.6) is 0 Å². The molecule has 1 fully saturated rings. The van der Waals surface area contributed by atoms with E-state index < -0.39 is 10.0 Å². The van der Waals surface area contributed by atoms with Gasteiger partial charge in [-0.05, 0) is 28.7 Å². The van der Waals surface area contributed by atoms with Gasteiger partial charge in [0, 0.05) is 0 Å². The zero-order chi connectivity index (χ0) is 18.1. The molecule has 0 N–H and O–H groups in total. The summed E-state index contributed by atoms with van der Waals surface area (Å²) in [5.41, 5.74) is 2.69. The van der Waals surface area contributed by atoms with Crippen molar-refractivity contribution in [2.45, 2.75) is 38.0 Å². The van der Waals surface area contributed by atoms with E-state index in [1.165, 1.54) is 9.87 Å². The van der Waals surface area contributed by atoms with E-state index in [0.717, 1.165) is 5.56 Å². The second kappa shape index (κ2) is 6.81. The van der Waals surface area contributed by atoms with Gasteiger partial charge in [0.2, 0.25) is 10.0 Å². The predicted octanol–water partition coefficient (Wildman–Crippen LogP) is 3.72. The van der Waals surface area contributed by atoms with E-state index in [1.54, 1.807) is 0 Å². The first kappa shape index (κ1) is 18.0. The Bertz CT molecular complexity index is 804. The number of hydrogen-bond acceptors (Lipinski definition) is 3. The largest absolute Gasteiger partial charge is 0.371 e. The Morgan fingerprint density at radius 2 is 1.64 bits per heavy atom. The third-order valence-corrected chi connectivity index (χ3v) is 6.05. The van der Waals surface area contributed by atoms with Crippen molar-refractivity contribution in [1.29, 1.82) is 0 Å². The molecule has 1 unspecified atom stereocenters. The lowest BCUT2D eigenvalue weighted by Gasteiger charge is -2.25. The number of ether oxygens (including phenoxy) is 1. The molecule has 4 nitrogen and oxygen atoms in total. The van der Waals surface area contributed by atoms with Gasteiger partial charge >= 0.3 is 0 Å². The number of anilines is 1. The van der Waals surface area contributed by atoms with Gasteiger partial charge in [-0.3, -0.25) is 4.31 Å². The molecule has 0 aromatic heterocycles. The number of sulfonamides is 1. The van der Waals surface area contributed by atoms with Crippen LogP contribution in [-0.2, 0) is 25.9 Å². The van der Waals surface area contributed by atoms with E-state index in [-0.39, 0.29) is 17.3 Å². The van der Waals surface area contributed by atoms with Crippen LogP contribution in [0.2, 0.25) is 0 Å². The topological polar surface area (TPSA) is 49.9 Å². The van der Waals surface area contributed by atoms with Gasteiger partial charge in [0.05, 0.1) is 30.7 Å². The Hall–Kier alpha value is -1.85. The Morgan fingerprint density at radius 1 is 1.04 bits per heavy atom. The maximum atomic E-state index is 13.0.